The Balaban J connectivity index is 2.26. The molecular formula is C13H26N2O3S. The summed E-state index contributed by atoms with van der Waals surface area (Å²) >= 11 is 0. The maximum Gasteiger partial charge on any atom is 0.152 e. The summed E-state index contributed by atoms with van der Waals surface area (Å²) < 4.78 is 29.6. The lowest BCUT2D eigenvalue weighted by Gasteiger charge is -2.47. The van der Waals surface area contributed by atoms with Gasteiger partial charge in [0.1, 0.15) is 0 Å². The summed E-state index contributed by atoms with van der Waals surface area (Å²) in [6.07, 6.45) is 6.24. The second-order valence-electron chi connectivity index (χ2n) is 5.96. The Labute approximate surface area is 116 Å². The van der Waals surface area contributed by atoms with Crippen LogP contribution in [0.4, 0.5) is 0 Å². The Kier molecular flexibility index (Phi) is 4.55. The van der Waals surface area contributed by atoms with E-state index >= 15 is 0 Å². The molecule has 19 heavy (non-hydrogen) atoms. The van der Waals surface area contributed by atoms with E-state index in [0.29, 0.717) is 6.54 Å². The third kappa shape index (κ3) is 2.82. The largest absolute Gasteiger partial charge is 0.380 e. The minimum Gasteiger partial charge on any atom is -0.380 e. The van der Waals surface area contributed by atoms with E-state index in [2.05, 4.69) is 4.90 Å². The number of nitrogens with two attached hydrogens (primary N) is 1. The van der Waals surface area contributed by atoms with Gasteiger partial charge in [-0.15, -0.1) is 0 Å². The highest BCUT2D eigenvalue weighted by Gasteiger charge is 2.51. The van der Waals surface area contributed by atoms with E-state index in [0.717, 1.165) is 45.2 Å². The zero-order valence-electron chi connectivity index (χ0n) is 12.0. The van der Waals surface area contributed by atoms with Gasteiger partial charge >= 0.3 is 0 Å². The Morgan fingerprint density at radius 2 is 2.11 bits per heavy atom. The molecule has 0 radical (unpaired) electrons. The molecule has 1 saturated carbocycles. The quantitative estimate of drug-likeness (QED) is 0.811. The van der Waals surface area contributed by atoms with Crippen molar-refractivity contribution in [3.05, 3.63) is 0 Å². The molecule has 112 valence electrons. The normalized spacial score (nSPS) is 37.6. The molecule has 3 atom stereocenters. The number of likely N-dealkylation sites (tertiary alicyclic amines) is 1. The molecule has 1 saturated heterocycles. The number of nitrogens with zero attached hydrogens (tertiary/aromatic N) is 1. The van der Waals surface area contributed by atoms with Crippen LogP contribution in [0, 0.1) is 0 Å². The average molecular weight is 290 g/mol. The molecule has 0 amide bonds. The Morgan fingerprint density at radius 1 is 1.37 bits per heavy atom. The molecule has 2 aliphatic rings. The van der Waals surface area contributed by atoms with Crippen molar-refractivity contribution in [1.29, 1.82) is 0 Å². The molecule has 1 heterocycles. The highest BCUT2D eigenvalue weighted by Crippen LogP contribution is 2.40. The second-order valence-corrected chi connectivity index (χ2v) is 8.19. The van der Waals surface area contributed by atoms with Gasteiger partial charge in [0.05, 0.1) is 11.4 Å². The van der Waals surface area contributed by atoms with Crippen LogP contribution in [0.25, 0.3) is 0 Å². The standard InChI is InChI=1S/C13H26N2O3S/c1-18-11-5-4-8-15(9-11)13(10-14)7-3-6-12(13)19(2,16)17/h11-12H,3-10,14H2,1-2H3. The molecule has 2 rings (SSSR count). The first-order valence-corrected chi connectivity index (χ1v) is 9.06. The van der Waals surface area contributed by atoms with Gasteiger partial charge < -0.3 is 10.5 Å². The number of hydrogen-bond donors (Lipinski definition) is 1. The molecule has 1 aliphatic carbocycles. The SMILES string of the molecule is COC1CCCN(C2(CN)CCCC2S(C)(=O)=O)C1. The van der Waals surface area contributed by atoms with Gasteiger partial charge in [-0.2, -0.15) is 0 Å². The van der Waals surface area contributed by atoms with Gasteiger partial charge in [-0.25, -0.2) is 8.42 Å². The van der Waals surface area contributed by atoms with E-state index in [1.807, 2.05) is 0 Å². The summed E-state index contributed by atoms with van der Waals surface area (Å²) in [5, 5.41) is -0.319. The van der Waals surface area contributed by atoms with Crippen LogP contribution in [0.15, 0.2) is 0 Å². The van der Waals surface area contributed by atoms with Crippen LogP contribution in [-0.2, 0) is 14.6 Å². The first-order valence-electron chi connectivity index (χ1n) is 7.11. The summed E-state index contributed by atoms with van der Waals surface area (Å²) in [4.78, 5) is 2.30. The van der Waals surface area contributed by atoms with E-state index in [1.54, 1.807) is 7.11 Å². The number of hydrogen-bond acceptors (Lipinski definition) is 5. The summed E-state index contributed by atoms with van der Waals surface area (Å²) in [7, 11) is -1.33. The van der Waals surface area contributed by atoms with Crippen LogP contribution in [-0.4, -0.2) is 63.2 Å². The van der Waals surface area contributed by atoms with Crippen molar-refractivity contribution >= 4 is 9.84 Å². The first kappa shape index (κ1) is 15.2. The topological polar surface area (TPSA) is 72.6 Å². The maximum atomic E-state index is 12.1. The van der Waals surface area contributed by atoms with E-state index in [4.69, 9.17) is 10.5 Å². The molecule has 2 fully saturated rings. The molecule has 0 aromatic heterocycles. The minimum atomic E-state index is -3.06. The summed E-state index contributed by atoms with van der Waals surface area (Å²) in [5.41, 5.74) is 5.66. The van der Waals surface area contributed by atoms with Crippen LogP contribution >= 0.6 is 0 Å². The van der Waals surface area contributed by atoms with Crippen molar-refractivity contribution in [2.75, 3.05) is 33.0 Å². The Morgan fingerprint density at radius 3 is 2.68 bits per heavy atom. The number of rotatable bonds is 4. The molecule has 3 unspecified atom stereocenters. The number of methoxy groups -OCH3 is 1. The molecule has 5 nitrogen and oxygen atoms in total. The van der Waals surface area contributed by atoms with E-state index in [-0.39, 0.29) is 16.9 Å². The van der Waals surface area contributed by atoms with Gasteiger partial charge in [-0.1, -0.05) is 6.42 Å². The second kappa shape index (κ2) is 5.68. The third-order valence-electron chi connectivity index (χ3n) is 4.89. The van der Waals surface area contributed by atoms with E-state index in [9.17, 15) is 8.42 Å². The predicted molar refractivity (Wildman–Crippen MR) is 75.9 cm³/mol. The van der Waals surface area contributed by atoms with E-state index < -0.39 is 9.84 Å². The van der Waals surface area contributed by atoms with Crippen molar-refractivity contribution in [3.63, 3.8) is 0 Å². The first-order chi connectivity index (χ1) is 8.94. The van der Waals surface area contributed by atoms with Crippen LogP contribution in [0.1, 0.15) is 32.1 Å². The van der Waals surface area contributed by atoms with Crippen LogP contribution in [0.5, 0.6) is 0 Å². The molecule has 0 aromatic rings. The fraction of sp³-hybridized carbons (Fsp3) is 1.00. The van der Waals surface area contributed by atoms with Gasteiger partial charge in [-0.3, -0.25) is 4.90 Å². The van der Waals surface area contributed by atoms with Crippen LogP contribution < -0.4 is 5.73 Å². The van der Waals surface area contributed by atoms with Gasteiger partial charge in [0.2, 0.25) is 0 Å². The number of piperidine rings is 1. The van der Waals surface area contributed by atoms with Crippen LogP contribution in [0.3, 0.4) is 0 Å². The summed E-state index contributed by atoms with van der Waals surface area (Å²) in [6, 6.07) is 0. The molecule has 2 N–H and O–H groups in total. The monoisotopic (exact) mass is 290 g/mol. The number of sulfone groups is 1. The third-order valence-corrected chi connectivity index (χ3v) is 6.60. The molecule has 6 heteroatoms. The maximum absolute atomic E-state index is 12.1. The van der Waals surface area contributed by atoms with Gasteiger partial charge in [0.25, 0.3) is 0 Å². The van der Waals surface area contributed by atoms with Crippen molar-refractivity contribution in [2.24, 2.45) is 5.73 Å². The van der Waals surface area contributed by atoms with E-state index in [1.165, 1.54) is 6.26 Å². The molecule has 0 bridgehead atoms. The van der Waals surface area contributed by atoms with Gasteiger partial charge in [0.15, 0.2) is 9.84 Å². The fourth-order valence-corrected chi connectivity index (χ4v) is 5.65. The molecular weight excluding hydrogens is 264 g/mol. The van der Waals surface area contributed by atoms with Crippen LogP contribution in [0.2, 0.25) is 0 Å². The Hall–Kier alpha value is -0.170. The molecule has 0 aromatic carbocycles. The lowest BCUT2D eigenvalue weighted by Crippen LogP contribution is -2.63. The number of ether oxygens (including phenoxy) is 1. The highest BCUT2D eigenvalue weighted by molar-refractivity contribution is 7.91. The average Bonchev–Trinajstić information content (AvgIpc) is 2.84. The zero-order chi connectivity index (χ0) is 14.1. The smallest absolute Gasteiger partial charge is 0.152 e. The fourth-order valence-electron chi connectivity index (χ4n) is 3.90. The lowest BCUT2D eigenvalue weighted by molar-refractivity contribution is -0.0141. The predicted octanol–water partition coefficient (Wildman–Crippen LogP) is 0.392. The van der Waals surface area contributed by atoms with Crippen molar-refractivity contribution in [1.82, 2.24) is 4.90 Å². The van der Waals surface area contributed by atoms with Crippen molar-refractivity contribution in [2.45, 2.75) is 49.0 Å². The highest BCUT2D eigenvalue weighted by atomic mass is 32.2. The van der Waals surface area contributed by atoms with Crippen molar-refractivity contribution in [3.8, 4) is 0 Å². The minimum absolute atomic E-state index is 0.206. The van der Waals surface area contributed by atoms with Crippen molar-refractivity contribution < 1.29 is 13.2 Å². The summed E-state index contributed by atoms with van der Waals surface area (Å²) in [5.74, 6) is 0. The molecule has 1 aliphatic heterocycles. The lowest BCUT2D eigenvalue weighted by atomic mass is 9.91. The van der Waals surface area contributed by atoms with Gasteiger partial charge in [0, 0.05) is 32.0 Å². The molecule has 0 spiro atoms. The summed E-state index contributed by atoms with van der Waals surface area (Å²) in [6.45, 7) is 2.16. The zero-order valence-corrected chi connectivity index (χ0v) is 12.8. The Bertz CT molecular complexity index is 412. The van der Waals surface area contributed by atoms with Gasteiger partial charge in [-0.05, 0) is 32.2 Å².